The zero-order valence-corrected chi connectivity index (χ0v) is 15.1. The molecule has 7 heteroatoms. The number of aromatic nitrogens is 2. The van der Waals surface area contributed by atoms with E-state index in [9.17, 15) is 18.0 Å². The van der Waals surface area contributed by atoms with Gasteiger partial charge in [0.1, 0.15) is 5.82 Å². The van der Waals surface area contributed by atoms with Gasteiger partial charge in [0.25, 0.3) is 5.56 Å². The lowest BCUT2D eigenvalue weighted by Gasteiger charge is -2.30. The van der Waals surface area contributed by atoms with Crippen LogP contribution >= 0.6 is 11.6 Å². The molecule has 26 heavy (non-hydrogen) atoms. The first-order valence-electron chi connectivity index (χ1n) is 8.75. The van der Waals surface area contributed by atoms with Crippen LogP contribution in [0.25, 0.3) is 5.69 Å². The smallest absolute Gasteiger partial charge is 0.269 e. The largest absolute Gasteiger partial charge is 0.391 e. The Labute approximate surface area is 154 Å². The van der Waals surface area contributed by atoms with E-state index in [1.807, 2.05) is 6.92 Å². The zero-order valence-electron chi connectivity index (χ0n) is 14.4. The predicted molar refractivity (Wildman–Crippen MR) is 95.0 cm³/mol. The lowest BCUT2D eigenvalue weighted by Crippen LogP contribution is -2.31. The minimum absolute atomic E-state index is 0.0704. The van der Waals surface area contributed by atoms with Gasteiger partial charge in [-0.05, 0) is 56.4 Å². The summed E-state index contributed by atoms with van der Waals surface area (Å²) in [7, 11) is 0. The summed E-state index contributed by atoms with van der Waals surface area (Å²) in [5.41, 5.74) is 1.07. The van der Waals surface area contributed by atoms with Crippen LogP contribution in [0, 0.1) is 5.92 Å². The second-order valence-electron chi connectivity index (χ2n) is 6.70. The van der Waals surface area contributed by atoms with Crippen molar-refractivity contribution in [3.8, 4) is 5.69 Å². The maximum Gasteiger partial charge on any atom is 0.391 e. The van der Waals surface area contributed by atoms with Crippen LogP contribution in [-0.2, 0) is 6.42 Å². The second-order valence-corrected chi connectivity index (χ2v) is 7.14. The van der Waals surface area contributed by atoms with E-state index in [1.54, 1.807) is 24.3 Å². The van der Waals surface area contributed by atoms with Crippen LogP contribution in [0.3, 0.4) is 0 Å². The number of halogens is 4. The van der Waals surface area contributed by atoms with Gasteiger partial charge < -0.3 is 0 Å². The molecule has 0 unspecified atom stereocenters. The van der Waals surface area contributed by atoms with E-state index < -0.39 is 12.1 Å². The lowest BCUT2D eigenvalue weighted by molar-refractivity contribution is -0.182. The third kappa shape index (κ3) is 3.95. The maximum absolute atomic E-state index is 13.0. The molecule has 140 valence electrons. The Hall–Kier alpha value is -1.82. The van der Waals surface area contributed by atoms with E-state index in [2.05, 4.69) is 4.98 Å². The number of nitrogens with zero attached hydrogens (tertiary/aromatic N) is 2. The van der Waals surface area contributed by atoms with Crippen LogP contribution in [0.4, 0.5) is 13.2 Å². The van der Waals surface area contributed by atoms with Gasteiger partial charge in [-0.3, -0.25) is 9.36 Å². The number of hydrogen-bond acceptors (Lipinski definition) is 2. The van der Waals surface area contributed by atoms with E-state index in [1.165, 1.54) is 10.6 Å². The number of rotatable bonds is 3. The van der Waals surface area contributed by atoms with Crippen molar-refractivity contribution < 1.29 is 13.2 Å². The van der Waals surface area contributed by atoms with Crippen LogP contribution in [0.2, 0.25) is 5.02 Å². The first-order chi connectivity index (χ1) is 12.3. The molecule has 1 fully saturated rings. The molecule has 0 radical (unpaired) electrons. The van der Waals surface area contributed by atoms with Crippen molar-refractivity contribution in [2.75, 3.05) is 0 Å². The van der Waals surface area contributed by atoms with E-state index in [0.717, 1.165) is 0 Å². The molecular weight excluding hydrogens is 365 g/mol. The molecule has 0 amide bonds. The fraction of sp³-hybridized carbons (Fsp3) is 0.474. The molecule has 0 saturated heterocycles. The van der Waals surface area contributed by atoms with Crippen LogP contribution < -0.4 is 5.56 Å². The molecule has 1 aromatic carbocycles. The van der Waals surface area contributed by atoms with Crippen LogP contribution in [0.15, 0.2) is 35.1 Å². The fourth-order valence-corrected chi connectivity index (χ4v) is 3.66. The molecule has 1 saturated carbocycles. The van der Waals surface area contributed by atoms with Crippen molar-refractivity contribution in [2.24, 2.45) is 5.92 Å². The highest BCUT2D eigenvalue weighted by Gasteiger charge is 2.42. The van der Waals surface area contributed by atoms with Gasteiger partial charge in [0, 0.05) is 22.7 Å². The minimum Gasteiger partial charge on any atom is -0.269 e. The van der Waals surface area contributed by atoms with Gasteiger partial charge in [-0.25, -0.2) is 4.98 Å². The molecule has 2 aromatic rings. The van der Waals surface area contributed by atoms with Crippen molar-refractivity contribution in [3.63, 3.8) is 0 Å². The highest BCUT2D eigenvalue weighted by atomic mass is 35.5. The highest BCUT2D eigenvalue weighted by molar-refractivity contribution is 6.30. The molecule has 3 nitrogen and oxygen atoms in total. The summed E-state index contributed by atoms with van der Waals surface area (Å²) >= 11 is 5.92. The van der Waals surface area contributed by atoms with Gasteiger partial charge in [-0.2, -0.15) is 13.2 Å². The Morgan fingerprint density at radius 3 is 2.31 bits per heavy atom. The molecule has 0 N–H and O–H groups in total. The predicted octanol–water partition coefficient (Wildman–Crippen LogP) is 5.28. The topological polar surface area (TPSA) is 34.9 Å². The van der Waals surface area contributed by atoms with Gasteiger partial charge in [0.05, 0.1) is 11.6 Å². The van der Waals surface area contributed by atoms with E-state index in [4.69, 9.17) is 11.6 Å². The summed E-state index contributed by atoms with van der Waals surface area (Å²) in [5, 5.41) is 0.548. The quantitative estimate of drug-likeness (QED) is 0.721. The van der Waals surface area contributed by atoms with Crippen molar-refractivity contribution in [3.05, 3.63) is 57.2 Å². The second kappa shape index (κ2) is 7.43. The monoisotopic (exact) mass is 384 g/mol. The summed E-state index contributed by atoms with van der Waals surface area (Å²) in [6.45, 7) is 1.90. The first-order valence-corrected chi connectivity index (χ1v) is 9.13. The minimum atomic E-state index is -4.15. The van der Waals surface area contributed by atoms with Gasteiger partial charge in [-0.1, -0.05) is 18.5 Å². The Kier molecular flexibility index (Phi) is 5.42. The standard InChI is InChI=1S/C19H20ClF3N2O/c1-2-15-11-17(26)25(16-9-7-14(20)8-10-16)18(24-15)12-3-5-13(6-4-12)19(21,22)23/h7-13H,2-6H2,1H3. The summed E-state index contributed by atoms with van der Waals surface area (Å²) < 4.78 is 40.4. The third-order valence-electron chi connectivity index (χ3n) is 5.00. The average molecular weight is 385 g/mol. The lowest BCUT2D eigenvalue weighted by atomic mass is 9.81. The molecule has 1 aliphatic carbocycles. The highest BCUT2D eigenvalue weighted by Crippen LogP contribution is 2.42. The molecule has 1 aliphatic rings. The summed E-state index contributed by atoms with van der Waals surface area (Å²) in [5.74, 6) is -0.871. The van der Waals surface area contributed by atoms with Crippen molar-refractivity contribution in [1.82, 2.24) is 9.55 Å². The normalized spacial score (nSPS) is 21.0. The maximum atomic E-state index is 13.0. The molecule has 0 bridgehead atoms. The molecule has 0 atom stereocenters. The van der Waals surface area contributed by atoms with Crippen LogP contribution in [0.5, 0.6) is 0 Å². The van der Waals surface area contributed by atoms with E-state index in [0.29, 0.717) is 41.5 Å². The fourth-order valence-electron chi connectivity index (χ4n) is 3.53. The van der Waals surface area contributed by atoms with Gasteiger partial charge in [0.2, 0.25) is 0 Å². The Bertz CT molecular complexity index is 822. The van der Waals surface area contributed by atoms with Gasteiger partial charge >= 0.3 is 6.18 Å². The molecule has 3 rings (SSSR count). The van der Waals surface area contributed by atoms with E-state index >= 15 is 0 Å². The Balaban J connectivity index is 1.99. The van der Waals surface area contributed by atoms with Gasteiger partial charge in [0.15, 0.2) is 0 Å². The summed E-state index contributed by atoms with van der Waals surface area (Å²) in [6.07, 6.45) is -2.67. The zero-order chi connectivity index (χ0) is 18.9. The molecule has 0 aliphatic heterocycles. The van der Waals surface area contributed by atoms with Gasteiger partial charge in [-0.15, -0.1) is 0 Å². The Morgan fingerprint density at radius 1 is 1.15 bits per heavy atom. The molecule has 1 heterocycles. The van der Waals surface area contributed by atoms with Crippen molar-refractivity contribution in [2.45, 2.75) is 51.1 Å². The summed E-state index contributed by atoms with van der Waals surface area (Å²) in [4.78, 5) is 17.3. The van der Waals surface area contributed by atoms with E-state index in [-0.39, 0.29) is 24.3 Å². The SMILES string of the molecule is CCc1cc(=O)n(-c2ccc(Cl)cc2)c(C2CCC(C(F)(F)F)CC2)n1. The van der Waals surface area contributed by atoms with Crippen LogP contribution in [-0.4, -0.2) is 15.7 Å². The number of benzene rings is 1. The summed E-state index contributed by atoms with van der Waals surface area (Å²) in [6, 6.07) is 8.30. The number of alkyl halides is 3. The average Bonchev–Trinajstić information content (AvgIpc) is 2.61. The Morgan fingerprint density at radius 2 is 1.77 bits per heavy atom. The molecule has 1 aromatic heterocycles. The number of aryl methyl sites for hydroxylation is 1. The first kappa shape index (κ1) is 19.0. The molecule has 0 spiro atoms. The van der Waals surface area contributed by atoms with Crippen molar-refractivity contribution in [1.29, 1.82) is 0 Å². The number of hydrogen-bond donors (Lipinski definition) is 0. The molecular formula is C19H20ClF3N2O. The van der Waals surface area contributed by atoms with Crippen LogP contribution in [0.1, 0.15) is 50.0 Å². The van der Waals surface area contributed by atoms with Crippen molar-refractivity contribution >= 4 is 11.6 Å². The third-order valence-corrected chi connectivity index (χ3v) is 5.25.